The van der Waals surface area contributed by atoms with Gasteiger partial charge in [-0.1, -0.05) is 18.2 Å². The van der Waals surface area contributed by atoms with Crippen LogP contribution in [0.1, 0.15) is 15.9 Å². The van der Waals surface area contributed by atoms with Gasteiger partial charge in [-0.3, -0.25) is 4.79 Å². The quantitative estimate of drug-likeness (QED) is 0.134. The van der Waals surface area contributed by atoms with Crippen molar-refractivity contribution in [1.29, 1.82) is 0 Å². The zero-order chi connectivity index (χ0) is 28.3. The van der Waals surface area contributed by atoms with Crippen LogP contribution < -0.4 is 4.74 Å². The fourth-order valence-corrected chi connectivity index (χ4v) is 4.14. The van der Waals surface area contributed by atoms with Gasteiger partial charge >= 0.3 is 0 Å². The molecule has 0 bridgehead atoms. The van der Waals surface area contributed by atoms with Gasteiger partial charge < -0.3 is 59.8 Å². The molecule has 2 aliphatic heterocycles. The fourth-order valence-electron chi connectivity index (χ4n) is 4.14. The highest BCUT2D eigenvalue weighted by molar-refractivity contribution is 6.08. The number of rotatable bonds is 9. The molecule has 8 N–H and O–H groups in total. The summed E-state index contributed by atoms with van der Waals surface area (Å²) in [4.78, 5) is 12.4. The summed E-state index contributed by atoms with van der Waals surface area (Å²) >= 11 is 0. The van der Waals surface area contributed by atoms with Crippen LogP contribution >= 0.6 is 0 Å². The van der Waals surface area contributed by atoms with Crippen molar-refractivity contribution in [2.75, 3.05) is 19.8 Å². The molecule has 212 valence electrons. The largest absolute Gasteiger partial charge is 0.508 e. The first-order valence-corrected chi connectivity index (χ1v) is 12.0. The Morgan fingerprint density at radius 1 is 1.03 bits per heavy atom. The van der Waals surface area contributed by atoms with Crippen molar-refractivity contribution in [1.82, 2.24) is 0 Å². The average molecular weight is 551 g/mol. The van der Waals surface area contributed by atoms with Crippen LogP contribution in [0.15, 0.2) is 48.5 Å². The zero-order valence-electron chi connectivity index (χ0n) is 20.5. The first-order valence-electron chi connectivity index (χ1n) is 12.0. The lowest BCUT2D eigenvalue weighted by atomic mass is 9.98. The van der Waals surface area contributed by atoms with E-state index in [0.29, 0.717) is 5.56 Å². The van der Waals surface area contributed by atoms with Gasteiger partial charge in [0.1, 0.15) is 47.3 Å². The number of hydrogen-bond acceptors (Lipinski definition) is 13. The van der Waals surface area contributed by atoms with Crippen LogP contribution in [0.5, 0.6) is 17.2 Å². The Labute approximate surface area is 222 Å². The van der Waals surface area contributed by atoms with Gasteiger partial charge in [0, 0.05) is 6.07 Å². The van der Waals surface area contributed by atoms with E-state index < -0.39 is 74.3 Å². The van der Waals surface area contributed by atoms with Crippen molar-refractivity contribution >= 4 is 11.9 Å². The molecule has 2 fully saturated rings. The monoisotopic (exact) mass is 550 g/mol. The number of benzene rings is 2. The molecule has 4 rings (SSSR count). The van der Waals surface area contributed by atoms with E-state index in [1.54, 1.807) is 12.1 Å². The molecular weight excluding hydrogens is 520 g/mol. The van der Waals surface area contributed by atoms with Crippen LogP contribution in [-0.2, 0) is 14.2 Å². The third kappa shape index (κ3) is 6.22. The molecule has 0 radical (unpaired) electrons. The van der Waals surface area contributed by atoms with Crippen molar-refractivity contribution in [3.63, 3.8) is 0 Å². The van der Waals surface area contributed by atoms with E-state index in [1.165, 1.54) is 36.4 Å². The van der Waals surface area contributed by atoms with Crippen molar-refractivity contribution in [2.45, 2.75) is 48.7 Å². The number of ether oxygens (including phenoxy) is 4. The van der Waals surface area contributed by atoms with Crippen LogP contribution in [0.25, 0.3) is 6.08 Å². The molecule has 0 aliphatic carbocycles. The number of aromatic hydroxyl groups is 2. The SMILES string of the molecule is O=C(/C=C/c1ccc(O[C@@H]2O[C@H](CO)[C@H](O)[C@H](O)[C@@H]2O[C@@H]2OC[C@](O)(CO)[C@H]2O)cc1)c1ccc(O)cc1O. The van der Waals surface area contributed by atoms with Crippen LogP contribution in [0.4, 0.5) is 0 Å². The summed E-state index contributed by atoms with van der Waals surface area (Å²) in [7, 11) is 0. The minimum absolute atomic E-state index is 0.0115. The van der Waals surface area contributed by atoms with Gasteiger partial charge in [0.25, 0.3) is 0 Å². The molecular formula is C26H30O13. The zero-order valence-corrected chi connectivity index (χ0v) is 20.5. The Balaban J connectivity index is 1.46. The number of hydrogen-bond donors (Lipinski definition) is 8. The molecule has 2 saturated heterocycles. The summed E-state index contributed by atoms with van der Waals surface area (Å²) in [6, 6.07) is 9.84. The lowest BCUT2D eigenvalue weighted by Gasteiger charge is -2.42. The van der Waals surface area contributed by atoms with E-state index in [4.69, 9.17) is 18.9 Å². The fraction of sp³-hybridized carbons (Fsp3) is 0.423. The smallest absolute Gasteiger partial charge is 0.229 e. The minimum Gasteiger partial charge on any atom is -0.508 e. The second-order valence-corrected chi connectivity index (χ2v) is 9.28. The Hall–Kier alpha value is -3.11. The molecule has 13 nitrogen and oxygen atoms in total. The van der Waals surface area contributed by atoms with Crippen molar-refractivity contribution < 1.29 is 64.6 Å². The number of carbonyl (C=O) groups is 1. The molecule has 0 unspecified atom stereocenters. The molecule has 0 saturated carbocycles. The molecule has 0 amide bonds. The summed E-state index contributed by atoms with van der Waals surface area (Å²) in [6.07, 6.45) is -7.74. The maximum absolute atomic E-state index is 12.4. The van der Waals surface area contributed by atoms with Crippen LogP contribution in [0, 0.1) is 0 Å². The molecule has 39 heavy (non-hydrogen) atoms. The lowest BCUT2D eigenvalue weighted by Crippen LogP contribution is -2.62. The Kier molecular flexibility index (Phi) is 8.86. The molecule has 0 aromatic heterocycles. The highest BCUT2D eigenvalue weighted by atomic mass is 16.8. The predicted molar refractivity (Wildman–Crippen MR) is 131 cm³/mol. The normalized spacial score (nSPS) is 32.9. The second-order valence-electron chi connectivity index (χ2n) is 9.28. The second kappa shape index (κ2) is 12.0. The van der Waals surface area contributed by atoms with Gasteiger partial charge in [-0.15, -0.1) is 0 Å². The van der Waals surface area contributed by atoms with E-state index in [9.17, 15) is 45.6 Å². The first-order chi connectivity index (χ1) is 18.6. The number of carbonyl (C=O) groups excluding carboxylic acids is 1. The van der Waals surface area contributed by atoms with E-state index in [0.717, 1.165) is 6.07 Å². The summed E-state index contributed by atoms with van der Waals surface area (Å²) in [6.45, 7) is -1.91. The summed E-state index contributed by atoms with van der Waals surface area (Å²) < 4.78 is 22.2. The summed E-state index contributed by atoms with van der Waals surface area (Å²) in [5.41, 5.74) is -1.39. The van der Waals surface area contributed by atoms with Crippen LogP contribution in [-0.4, -0.2) is 115 Å². The lowest BCUT2D eigenvalue weighted by molar-refractivity contribution is -0.318. The number of phenols is 2. The van der Waals surface area contributed by atoms with Gasteiger partial charge in [-0.05, 0) is 35.9 Å². The number of aliphatic hydroxyl groups is 6. The third-order valence-electron chi connectivity index (χ3n) is 6.50. The maximum atomic E-state index is 12.4. The van der Waals surface area contributed by atoms with E-state index >= 15 is 0 Å². The number of allylic oxidation sites excluding steroid dienone is 1. The van der Waals surface area contributed by atoms with Gasteiger partial charge in [0.05, 0.1) is 25.4 Å². The molecule has 2 heterocycles. The van der Waals surface area contributed by atoms with Gasteiger partial charge in [-0.25, -0.2) is 0 Å². The topological polar surface area (TPSA) is 216 Å². The Morgan fingerprint density at radius 3 is 2.36 bits per heavy atom. The summed E-state index contributed by atoms with van der Waals surface area (Å²) in [5, 5.41) is 79.6. The van der Waals surface area contributed by atoms with Crippen LogP contribution in [0.2, 0.25) is 0 Å². The van der Waals surface area contributed by atoms with Gasteiger partial charge in [-0.2, -0.15) is 0 Å². The number of ketones is 1. The molecule has 13 heteroatoms. The van der Waals surface area contributed by atoms with Crippen LogP contribution in [0.3, 0.4) is 0 Å². The van der Waals surface area contributed by atoms with Crippen molar-refractivity contribution in [3.8, 4) is 17.2 Å². The van der Waals surface area contributed by atoms with E-state index in [1.807, 2.05) is 0 Å². The Bertz CT molecular complexity index is 1170. The van der Waals surface area contributed by atoms with E-state index in [2.05, 4.69) is 0 Å². The number of phenolic OH excluding ortho intramolecular Hbond substituents is 2. The van der Waals surface area contributed by atoms with E-state index in [-0.39, 0.29) is 22.8 Å². The highest BCUT2D eigenvalue weighted by Gasteiger charge is 2.53. The first kappa shape index (κ1) is 28.9. The van der Waals surface area contributed by atoms with Crippen molar-refractivity contribution in [3.05, 3.63) is 59.7 Å². The van der Waals surface area contributed by atoms with Gasteiger partial charge in [0.15, 0.2) is 18.2 Å². The molecule has 8 atom stereocenters. The highest BCUT2D eigenvalue weighted by Crippen LogP contribution is 2.32. The Morgan fingerprint density at radius 2 is 1.74 bits per heavy atom. The maximum Gasteiger partial charge on any atom is 0.229 e. The predicted octanol–water partition coefficient (Wildman–Crippen LogP) is -1.36. The molecule has 0 spiro atoms. The minimum atomic E-state index is -1.99. The van der Waals surface area contributed by atoms with Crippen molar-refractivity contribution in [2.24, 2.45) is 0 Å². The standard InChI is InChI=1S/C26H30O13/c27-10-19-20(32)21(33)22(39-25-23(34)26(35,11-28)12-36-25)24(38-19)37-15-5-1-13(2-6-15)3-8-17(30)16-7-4-14(29)9-18(16)31/h1-9,19-25,27-29,31-35H,10-12H2/b8-3+/t19-,20+,21+,22+,23+,24-,25+,26-/m1/s1. The molecule has 2 aromatic rings. The number of aliphatic hydroxyl groups excluding tert-OH is 5. The molecule has 2 aromatic carbocycles. The van der Waals surface area contributed by atoms with Gasteiger partial charge in [0.2, 0.25) is 6.29 Å². The molecule has 2 aliphatic rings. The third-order valence-corrected chi connectivity index (χ3v) is 6.50. The average Bonchev–Trinajstić information content (AvgIpc) is 3.21. The summed E-state index contributed by atoms with van der Waals surface area (Å²) in [5.74, 6) is -0.810.